The van der Waals surface area contributed by atoms with E-state index in [4.69, 9.17) is 4.42 Å². The number of nitrogens with one attached hydrogen (secondary N) is 2. The summed E-state index contributed by atoms with van der Waals surface area (Å²) in [6.45, 7) is 3.98. The van der Waals surface area contributed by atoms with E-state index in [1.807, 2.05) is 25.3 Å². The van der Waals surface area contributed by atoms with Crippen LogP contribution in [0.25, 0.3) is 11.5 Å². The number of nitrogens with zero attached hydrogens (tertiary/aromatic N) is 1. The molecule has 4 nitrogen and oxygen atoms in total. The Bertz CT molecular complexity index is 468. The topological polar surface area (TPSA) is 53.9 Å². The molecule has 2 N–H and O–H groups in total. The largest absolute Gasteiger partial charge is 0.460 e. The Kier molecular flexibility index (Phi) is 1.89. The van der Waals surface area contributed by atoms with Crippen molar-refractivity contribution < 1.29 is 4.42 Å². The molecule has 3 heterocycles. The Hall–Kier alpha value is -1.55. The van der Waals surface area contributed by atoms with Crippen LogP contribution in [-0.2, 0) is 0 Å². The molecule has 1 aliphatic heterocycles. The molecule has 2 aromatic rings. The number of hydrogen-bond donors (Lipinski definition) is 2. The molecule has 4 heteroatoms. The summed E-state index contributed by atoms with van der Waals surface area (Å²) in [5.74, 6) is 3.37. The molecule has 0 radical (unpaired) electrons. The monoisotopic (exact) mass is 203 g/mol. The van der Waals surface area contributed by atoms with Gasteiger partial charge in [0.15, 0.2) is 5.76 Å². The van der Waals surface area contributed by atoms with Gasteiger partial charge in [-0.25, -0.2) is 4.98 Å². The standard InChI is InChI=1S/C11H13N3O/c1-7-2-3-10(15-7)9-6-13-11(14-9)8-4-12-5-8/h2-3,6,8,12H,4-5H2,1H3,(H,13,14). The van der Waals surface area contributed by atoms with E-state index in [0.717, 1.165) is 36.1 Å². The highest BCUT2D eigenvalue weighted by atomic mass is 16.3. The molecule has 78 valence electrons. The molecule has 15 heavy (non-hydrogen) atoms. The van der Waals surface area contributed by atoms with Gasteiger partial charge >= 0.3 is 0 Å². The van der Waals surface area contributed by atoms with Crippen LogP contribution in [-0.4, -0.2) is 23.1 Å². The van der Waals surface area contributed by atoms with E-state index >= 15 is 0 Å². The highest BCUT2D eigenvalue weighted by Crippen LogP contribution is 2.23. The fraction of sp³-hybridized carbons (Fsp3) is 0.364. The number of aromatic amines is 1. The average Bonchev–Trinajstić information content (AvgIpc) is 2.70. The van der Waals surface area contributed by atoms with Crippen LogP contribution in [0.1, 0.15) is 17.5 Å². The summed E-state index contributed by atoms with van der Waals surface area (Å²) in [6, 6.07) is 3.92. The molecular weight excluding hydrogens is 190 g/mol. The second-order valence-electron chi connectivity index (χ2n) is 3.95. The number of aromatic nitrogens is 2. The number of aryl methyl sites for hydroxylation is 1. The van der Waals surface area contributed by atoms with E-state index in [1.165, 1.54) is 0 Å². The lowest BCUT2D eigenvalue weighted by Crippen LogP contribution is -2.40. The van der Waals surface area contributed by atoms with Gasteiger partial charge in [0.1, 0.15) is 17.3 Å². The summed E-state index contributed by atoms with van der Waals surface area (Å²) in [5.41, 5.74) is 0.963. The Morgan fingerprint density at radius 2 is 2.27 bits per heavy atom. The Balaban J connectivity index is 1.89. The van der Waals surface area contributed by atoms with Crippen molar-refractivity contribution in [3.8, 4) is 11.5 Å². The van der Waals surface area contributed by atoms with Gasteiger partial charge in [0.25, 0.3) is 0 Å². The molecule has 1 saturated heterocycles. The molecule has 0 bridgehead atoms. The van der Waals surface area contributed by atoms with Gasteiger partial charge in [0.2, 0.25) is 0 Å². The fourth-order valence-electron chi connectivity index (χ4n) is 1.73. The van der Waals surface area contributed by atoms with Crippen molar-refractivity contribution in [2.45, 2.75) is 12.8 Å². The molecule has 2 aromatic heterocycles. The Morgan fingerprint density at radius 1 is 1.40 bits per heavy atom. The first-order valence-corrected chi connectivity index (χ1v) is 5.15. The molecule has 1 fully saturated rings. The maximum absolute atomic E-state index is 5.53. The van der Waals surface area contributed by atoms with E-state index in [9.17, 15) is 0 Å². The number of imidazole rings is 1. The highest BCUT2D eigenvalue weighted by molar-refractivity contribution is 5.51. The molecule has 0 spiro atoms. The van der Waals surface area contributed by atoms with E-state index in [1.54, 1.807) is 0 Å². The third-order valence-electron chi connectivity index (χ3n) is 2.77. The third-order valence-corrected chi connectivity index (χ3v) is 2.77. The zero-order valence-corrected chi connectivity index (χ0v) is 8.58. The van der Waals surface area contributed by atoms with E-state index < -0.39 is 0 Å². The molecule has 0 saturated carbocycles. The first-order valence-electron chi connectivity index (χ1n) is 5.15. The molecule has 3 rings (SSSR count). The maximum Gasteiger partial charge on any atom is 0.152 e. The minimum absolute atomic E-state index is 0.537. The maximum atomic E-state index is 5.53. The van der Waals surface area contributed by atoms with Gasteiger partial charge < -0.3 is 14.7 Å². The summed E-state index contributed by atoms with van der Waals surface area (Å²) < 4.78 is 5.53. The van der Waals surface area contributed by atoms with Crippen molar-refractivity contribution in [3.05, 3.63) is 29.9 Å². The molecule has 0 aliphatic carbocycles. The highest BCUT2D eigenvalue weighted by Gasteiger charge is 2.22. The zero-order valence-electron chi connectivity index (χ0n) is 8.58. The minimum atomic E-state index is 0.537. The van der Waals surface area contributed by atoms with Crippen LogP contribution in [0.4, 0.5) is 0 Å². The number of H-pyrrole nitrogens is 1. The van der Waals surface area contributed by atoms with Gasteiger partial charge in [-0.15, -0.1) is 0 Å². The number of furan rings is 1. The van der Waals surface area contributed by atoms with Gasteiger partial charge in [0.05, 0.1) is 6.20 Å². The molecule has 0 unspecified atom stereocenters. The van der Waals surface area contributed by atoms with Gasteiger partial charge in [-0.05, 0) is 19.1 Å². The van der Waals surface area contributed by atoms with Crippen molar-refractivity contribution in [1.29, 1.82) is 0 Å². The van der Waals surface area contributed by atoms with E-state index in [0.29, 0.717) is 5.92 Å². The van der Waals surface area contributed by atoms with Gasteiger partial charge in [-0.2, -0.15) is 0 Å². The lowest BCUT2D eigenvalue weighted by Gasteiger charge is -2.24. The van der Waals surface area contributed by atoms with Crippen molar-refractivity contribution in [2.75, 3.05) is 13.1 Å². The van der Waals surface area contributed by atoms with Crippen molar-refractivity contribution >= 4 is 0 Å². The average molecular weight is 203 g/mol. The normalized spacial score (nSPS) is 16.6. The smallest absolute Gasteiger partial charge is 0.152 e. The van der Waals surface area contributed by atoms with Crippen molar-refractivity contribution in [1.82, 2.24) is 15.3 Å². The fourth-order valence-corrected chi connectivity index (χ4v) is 1.73. The van der Waals surface area contributed by atoms with E-state index in [2.05, 4.69) is 15.3 Å². The first kappa shape index (κ1) is 8.73. The van der Waals surface area contributed by atoms with Crippen LogP contribution < -0.4 is 5.32 Å². The van der Waals surface area contributed by atoms with Crippen LogP contribution in [0.3, 0.4) is 0 Å². The molecular formula is C11H13N3O. The van der Waals surface area contributed by atoms with Crippen LogP contribution in [0.5, 0.6) is 0 Å². The third kappa shape index (κ3) is 1.47. The lowest BCUT2D eigenvalue weighted by molar-refractivity contribution is 0.432. The zero-order chi connectivity index (χ0) is 10.3. The van der Waals surface area contributed by atoms with E-state index in [-0.39, 0.29) is 0 Å². The predicted molar refractivity (Wildman–Crippen MR) is 56.6 cm³/mol. The molecule has 0 aromatic carbocycles. The van der Waals surface area contributed by atoms with Crippen molar-refractivity contribution in [2.24, 2.45) is 0 Å². The quantitative estimate of drug-likeness (QED) is 0.780. The first-order chi connectivity index (χ1) is 7.33. The molecule has 0 atom stereocenters. The summed E-state index contributed by atoms with van der Waals surface area (Å²) >= 11 is 0. The van der Waals surface area contributed by atoms with Gasteiger partial charge in [-0.1, -0.05) is 0 Å². The number of rotatable bonds is 2. The van der Waals surface area contributed by atoms with Gasteiger partial charge in [-0.3, -0.25) is 0 Å². The van der Waals surface area contributed by atoms with Crippen LogP contribution in [0, 0.1) is 6.92 Å². The minimum Gasteiger partial charge on any atom is -0.460 e. The summed E-state index contributed by atoms with van der Waals surface area (Å²) in [6.07, 6.45) is 1.84. The van der Waals surface area contributed by atoms with Crippen LogP contribution >= 0.6 is 0 Å². The molecule has 0 amide bonds. The predicted octanol–water partition coefficient (Wildman–Crippen LogP) is 1.66. The second-order valence-corrected chi connectivity index (χ2v) is 3.95. The summed E-state index contributed by atoms with van der Waals surface area (Å²) in [7, 11) is 0. The number of hydrogen-bond acceptors (Lipinski definition) is 3. The Morgan fingerprint density at radius 3 is 2.87 bits per heavy atom. The van der Waals surface area contributed by atoms with Gasteiger partial charge in [0, 0.05) is 19.0 Å². The second kappa shape index (κ2) is 3.24. The summed E-state index contributed by atoms with van der Waals surface area (Å²) in [4.78, 5) is 7.67. The SMILES string of the molecule is Cc1ccc(-c2cnc(C3CNC3)[nH]2)o1. The lowest BCUT2D eigenvalue weighted by atomic mass is 10.0. The Labute approximate surface area is 87.7 Å². The van der Waals surface area contributed by atoms with Crippen LogP contribution in [0.15, 0.2) is 22.7 Å². The molecule has 1 aliphatic rings. The van der Waals surface area contributed by atoms with Crippen molar-refractivity contribution in [3.63, 3.8) is 0 Å². The summed E-state index contributed by atoms with van der Waals surface area (Å²) in [5, 5.41) is 3.23. The van der Waals surface area contributed by atoms with Crippen LogP contribution in [0.2, 0.25) is 0 Å².